The van der Waals surface area contributed by atoms with Gasteiger partial charge in [-0.25, -0.2) is 4.57 Å². The van der Waals surface area contributed by atoms with Crippen molar-refractivity contribution in [3.8, 4) is 34.5 Å². The molecule has 2 heterocycles. The van der Waals surface area contributed by atoms with E-state index < -0.39 is 60.1 Å². The van der Waals surface area contributed by atoms with E-state index in [2.05, 4.69) is 0 Å². The van der Waals surface area contributed by atoms with E-state index in [4.69, 9.17) is 13.8 Å². The van der Waals surface area contributed by atoms with Crippen molar-refractivity contribution in [1.29, 1.82) is 0 Å². The number of hydrogen-bond acceptors (Lipinski definition) is 11. The van der Waals surface area contributed by atoms with Gasteiger partial charge in [-0.3, -0.25) is 18.7 Å². The van der Waals surface area contributed by atoms with E-state index in [0.717, 1.165) is 24.3 Å². The fourth-order valence-electron chi connectivity index (χ4n) is 3.07. The van der Waals surface area contributed by atoms with Crippen LogP contribution in [-0.2, 0) is 13.6 Å². The van der Waals surface area contributed by atoms with Crippen molar-refractivity contribution in [1.82, 2.24) is 4.90 Å². The standard InChI is InChI=1S/C18H18NO11P/c20-9-5-10(21)14-13(6-9)29-17(8-3-11(22)15(24)12(23)4-8)18(16(14)25)30-31(26,27)28-7-19-1-2-19/h3-6,17-18,20-24H,1-2,7H2,(H,26,27)/t17-,18+/m1/s1. The van der Waals surface area contributed by atoms with Gasteiger partial charge in [0.25, 0.3) is 0 Å². The molecule has 0 amide bonds. The van der Waals surface area contributed by atoms with Gasteiger partial charge >= 0.3 is 7.82 Å². The lowest BCUT2D eigenvalue weighted by Gasteiger charge is -2.33. The molecule has 12 nitrogen and oxygen atoms in total. The Morgan fingerprint density at radius 1 is 1.03 bits per heavy atom. The number of rotatable bonds is 6. The van der Waals surface area contributed by atoms with Crippen molar-refractivity contribution in [2.75, 3.05) is 19.8 Å². The van der Waals surface area contributed by atoms with Gasteiger partial charge in [-0.1, -0.05) is 0 Å². The van der Waals surface area contributed by atoms with Crippen LogP contribution in [-0.4, -0.2) is 67.0 Å². The first kappa shape index (κ1) is 21.2. The first-order valence-corrected chi connectivity index (χ1v) is 10.4. The SMILES string of the molecule is O=C1c2c(O)cc(O)cc2O[C@H](c2cc(O)c(O)c(O)c2)[C@H]1OP(=O)(O)OCN1CC1. The minimum absolute atomic E-state index is 0.106. The third kappa shape index (κ3) is 4.24. The summed E-state index contributed by atoms with van der Waals surface area (Å²) in [6.07, 6.45) is -3.37. The Labute approximate surface area is 174 Å². The lowest BCUT2D eigenvalue weighted by molar-refractivity contribution is 0.0102. The predicted octanol–water partition coefficient (Wildman–Crippen LogP) is 1.31. The molecule has 2 aromatic rings. The van der Waals surface area contributed by atoms with E-state index in [1.165, 1.54) is 0 Å². The molecule has 0 bridgehead atoms. The second kappa shape index (κ2) is 7.59. The molecular weight excluding hydrogens is 437 g/mol. The quantitative estimate of drug-likeness (QED) is 0.209. The summed E-state index contributed by atoms with van der Waals surface area (Å²) in [5.74, 6) is -4.64. The Kier molecular flexibility index (Phi) is 5.20. The molecule has 0 radical (unpaired) electrons. The van der Waals surface area contributed by atoms with Gasteiger partial charge in [-0.15, -0.1) is 0 Å². The smallest absolute Gasteiger partial charge is 0.474 e. The molecular formula is C18H18NO11P. The summed E-state index contributed by atoms with van der Waals surface area (Å²) >= 11 is 0. The zero-order chi connectivity index (χ0) is 22.5. The summed E-state index contributed by atoms with van der Waals surface area (Å²) in [5, 5.41) is 49.0. The van der Waals surface area contributed by atoms with Crippen LogP contribution in [0.5, 0.6) is 34.5 Å². The highest BCUT2D eigenvalue weighted by molar-refractivity contribution is 7.47. The Bertz CT molecular complexity index is 1080. The number of aromatic hydroxyl groups is 5. The van der Waals surface area contributed by atoms with Crippen LogP contribution in [0.25, 0.3) is 0 Å². The van der Waals surface area contributed by atoms with Crippen LogP contribution in [0.4, 0.5) is 0 Å². The van der Waals surface area contributed by atoms with Gasteiger partial charge in [0.05, 0.1) is 0 Å². The number of phenolic OH excluding ortho intramolecular Hbond substituents is 5. The maximum absolute atomic E-state index is 13.1. The molecule has 31 heavy (non-hydrogen) atoms. The highest BCUT2D eigenvalue weighted by Crippen LogP contribution is 2.52. The number of ketones is 1. The molecule has 2 aliphatic rings. The highest BCUT2D eigenvalue weighted by Gasteiger charge is 2.46. The average Bonchev–Trinajstić information content (AvgIpc) is 3.50. The molecule has 1 fully saturated rings. The molecule has 4 rings (SSSR count). The van der Waals surface area contributed by atoms with Crippen LogP contribution >= 0.6 is 7.82 Å². The number of phosphoric ester groups is 1. The van der Waals surface area contributed by atoms with Crippen molar-refractivity contribution in [3.05, 3.63) is 35.4 Å². The number of carbonyl (C=O) groups excluding carboxylic acids is 1. The highest BCUT2D eigenvalue weighted by atomic mass is 31.2. The van der Waals surface area contributed by atoms with E-state index in [-0.39, 0.29) is 18.0 Å². The van der Waals surface area contributed by atoms with Crippen molar-refractivity contribution >= 4 is 13.6 Å². The summed E-state index contributed by atoms with van der Waals surface area (Å²) < 4.78 is 28.0. The molecule has 1 saturated heterocycles. The third-order valence-electron chi connectivity index (χ3n) is 4.71. The molecule has 0 aromatic heterocycles. The van der Waals surface area contributed by atoms with Gasteiger partial charge < -0.3 is 35.2 Å². The number of ether oxygens (including phenoxy) is 1. The van der Waals surface area contributed by atoms with Crippen LogP contribution in [0, 0.1) is 0 Å². The molecule has 2 aliphatic heterocycles. The number of carbonyl (C=O) groups is 1. The molecule has 13 heteroatoms. The van der Waals surface area contributed by atoms with Gasteiger partial charge in [-0.05, 0) is 12.1 Å². The molecule has 3 atom stereocenters. The van der Waals surface area contributed by atoms with E-state index in [9.17, 15) is 39.8 Å². The third-order valence-corrected chi connectivity index (χ3v) is 5.65. The molecule has 2 aromatic carbocycles. The zero-order valence-corrected chi connectivity index (χ0v) is 16.6. The summed E-state index contributed by atoms with van der Waals surface area (Å²) in [6.45, 7) is 1.13. The Balaban J connectivity index is 1.75. The van der Waals surface area contributed by atoms with Crippen molar-refractivity contribution in [2.24, 2.45) is 0 Å². The van der Waals surface area contributed by atoms with E-state index in [1.807, 2.05) is 0 Å². The first-order valence-electron chi connectivity index (χ1n) is 8.95. The minimum atomic E-state index is -4.79. The summed E-state index contributed by atoms with van der Waals surface area (Å²) in [6, 6.07) is 3.82. The van der Waals surface area contributed by atoms with Gasteiger partial charge in [0, 0.05) is 30.8 Å². The van der Waals surface area contributed by atoms with Crippen LogP contribution in [0.15, 0.2) is 24.3 Å². The van der Waals surface area contributed by atoms with Crippen LogP contribution in [0.2, 0.25) is 0 Å². The van der Waals surface area contributed by atoms with Crippen molar-refractivity contribution in [2.45, 2.75) is 12.2 Å². The molecule has 0 spiro atoms. The minimum Gasteiger partial charge on any atom is -0.508 e. The number of benzene rings is 2. The van der Waals surface area contributed by atoms with E-state index in [0.29, 0.717) is 13.1 Å². The molecule has 0 aliphatic carbocycles. The maximum atomic E-state index is 13.1. The first-order chi connectivity index (χ1) is 14.6. The number of fused-ring (bicyclic) bond motifs is 1. The second-order valence-electron chi connectivity index (χ2n) is 7.02. The normalized spacial score (nSPS) is 22.4. The largest absolute Gasteiger partial charge is 0.508 e. The number of Topliss-reactive ketones (excluding diaryl/α,β-unsaturated/α-hetero) is 1. The maximum Gasteiger partial charge on any atom is 0.474 e. The lowest BCUT2D eigenvalue weighted by atomic mass is 9.92. The second-order valence-corrected chi connectivity index (χ2v) is 8.43. The summed E-state index contributed by atoms with van der Waals surface area (Å²) in [5.41, 5.74) is -0.511. The van der Waals surface area contributed by atoms with Gasteiger partial charge in [0.1, 0.15) is 29.5 Å². The average molecular weight is 455 g/mol. The van der Waals surface area contributed by atoms with Crippen LogP contribution in [0.1, 0.15) is 22.0 Å². The van der Waals surface area contributed by atoms with Gasteiger partial charge in [-0.2, -0.15) is 0 Å². The monoisotopic (exact) mass is 455 g/mol. The topological polar surface area (TPSA) is 186 Å². The molecule has 166 valence electrons. The van der Waals surface area contributed by atoms with Crippen LogP contribution in [0.3, 0.4) is 0 Å². The fraction of sp³-hybridized carbons (Fsp3) is 0.278. The number of phenols is 5. The fourth-order valence-corrected chi connectivity index (χ4v) is 3.93. The number of phosphoric acid groups is 1. The van der Waals surface area contributed by atoms with E-state index >= 15 is 0 Å². The molecule has 1 unspecified atom stereocenters. The molecule has 0 saturated carbocycles. The molecule has 6 N–H and O–H groups in total. The van der Waals surface area contributed by atoms with Gasteiger partial charge in [0.15, 0.2) is 29.5 Å². The summed E-state index contributed by atoms with van der Waals surface area (Å²) in [4.78, 5) is 24.8. The number of hydrogen-bond donors (Lipinski definition) is 6. The summed E-state index contributed by atoms with van der Waals surface area (Å²) in [7, 11) is -4.79. The van der Waals surface area contributed by atoms with Gasteiger partial charge in [0.2, 0.25) is 5.78 Å². The van der Waals surface area contributed by atoms with Crippen molar-refractivity contribution in [3.63, 3.8) is 0 Å². The van der Waals surface area contributed by atoms with E-state index in [1.54, 1.807) is 4.90 Å². The number of nitrogens with zero attached hydrogens (tertiary/aromatic N) is 1. The Morgan fingerprint density at radius 2 is 1.68 bits per heavy atom. The zero-order valence-electron chi connectivity index (χ0n) is 15.7. The predicted molar refractivity (Wildman–Crippen MR) is 101 cm³/mol. The van der Waals surface area contributed by atoms with Crippen molar-refractivity contribution < 1.29 is 53.6 Å². The Morgan fingerprint density at radius 3 is 2.29 bits per heavy atom. The van der Waals surface area contributed by atoms with Crippen LogP contribution < -0.4 is 4.74 Å². The Hall–Kier alpha value is -3.02. The lowest BCUT2D eigenvalue weighted by Crippen LogP contribution is -2.38.